The molecule has 2 atom stereocenters. The van der Waals surface area contributed by atoms with E-state index >= 15 is 0 Å². The average Bonchev–Trinajstić information content (AvgIpc) is 3.12. The highest BCUT2D eigenvalue weighted by molar-refractivity contribution is 7.46. The van der Waals surface area contributed by atoms with Gasteiger partial charge in [-0.05, 0) is 83.5 Å². The number of aliphatic hydroxyl groups excluding tert-OH is 1. The molecule has 0 heterocycles. The molecule has 1 unspecified atom stereocenters. The number of carbonyl (C=O) groups excluding carboxylic acids is 2. The minimum absolute atomic E-state index is 0.105. The number of allylic oxidation sites excluding steroid dienone is 18. The smallest absolute Gasteiger partial charge is 0.462 e. The van der Waals surface area contributed by atoms with Crippen molar-refractivity contribution >= 4 is 19.8 Å². The van der Waals surface area contributed by atoms with Gasteiger partial charge in [-0.2, -0.15) is 0 Å². The third-order valence-corrected chi connectivity index (χ3v) is 7.54. The first-order valence-electron chi connectivity index (χ1n) is 18.9. The van der Waals surface area contributed by atoms with Crippen LogP contribution in [-0.4, -0.2) is 52.3 Å². The summed E-state index contributed by atoms with van der Waals surface area (Å²) in [6, 6.07) is 0. The second-order valence-corrected chi connectivity index (χ2v) is 13.2. The van der Waals surface area contributed by atoms with Gasteiger partial charge in [0.1, 0.15) is 6.61 Å². The fourth-order valence-corrected chi connectivity index (χ4v) is 4.65. The number of ether oxygens (including phenoxy) is 2. The van der Waals surface area contributed by atoms with Crippen LogP contribution in [0.3, 0.4) is 0 Å². The Balaban J connectivity index is 4.24. The molecule has 10 heteroatoms. The lowest BCUT2D eigenvalue weighted by Gasteiger charge is -2.18. The molecule has 0 aromatic carbocycles. The Kier molecular flexibility index (Phi) is 34.3. The molecule has 0 saturated heterocycles. The van der Waals surface area contributed by atoms with Gasteiger partial charge in [0.05, 0.1) is 12.7 Å². The summed E-state index contributed by atoms with van der Waals surface area (Å²) in [4.78, 5) is 42.7. The fourth-order valence-electron chi connectivity index (χ4n) is 4.29. The van der Waals surface area contributed by atoms with Crippen molar-refractivity contribution in [2.45, 2.75) is 122 Å². The summed E-state index contributed by atoms with van der Waals surface area (Å²) in [5.41, 5.74) is 0. The number of aliphatic hydroxyl groups is 1. The molecule has 0 aliphatic carbocycles. The third-order valence-electron chi connectivity index (χ3n) is 7.05. The molecule has 0 radical (unpaired) electrons. The van der Waals surface area contributed by atoms with Gasteiger partial charge in [0.25, 0.3) is 0 Å². The Morgan fingerprint density at radius 1 is 0.585 bits per heavy atom. The summed E-state index contributed by atoms with van der Waals surface area (Å²) < 4.78 is 26.2. The molecule has 0 bridgehead atoms. The van der Waals surface area contributed by atoms with Crippen LogP contribution < -0.4 is 0 Å². The Morgan fingerprint density at radius 3 is 1.55 bits per heavy atom. The number of carbonyl (C=O) groups is 2. The molecule has 0 rings (SSSR count). The molecule has 0 saturated carbocycles. The number of rotatable bonds is 32. The molecule has 3 N–H and O–H groups in total. The van der Waals surface area contributed by atoms with Crippen molar-refractivity contribution in [3.63, 3.8) is 0 Å². The molecule has 9 nitrogen and oxygen atoms in total. The van der Waals surface area contributed by atoms with Gasteiger partial charge in [0, 0.05) is 12.8 Å². The van der Waals surface area contributed by atoms with Crippen LogP contribution >= 0.6 is 7.82 Å². The lowest BCUT2D eigenvalue weighted by molar-refractivity contribution is -0.161. The lowest BCUT2D eigenvalue weighted by Crippen LogP contribution is -2.29. The van der Waals surface area contributed by atoms with Crippen LogP contribution in [-0.2, 0) is 28.2 Å². The highest BCUT2D eigenvalue weighted by Crippen LogP contribution is 2.35. The van der Waals surface area contributed by atoms with Gasteiger partial charge in [-0.25, -0.2) is 4.57 Å². The molecular weight excluding hydrogens is 691 g/mol. The molecule has 0 aromatic heterocycles. The summed E-state index contributed by atoms with van der Waals surface area (Å²) in [6.45, 7) is 3.20. The molecule has 0 amide bonds. The van der Waals surface area contributed by atoms with E-state index in [0.717, 1.165) is 51.4 Å². The first-order chi connectivity index (χ1) is 25.7. The highest BCUT2D eigenvalue weighted by atomic mass is 31.2. The Bertz CT molecular complexity index is 1280. The van der Waals surface area contributed by atoms with Crippen LogP contribution in [0.5, 0.6) is 0 Å². The number of esters is 2. The SMILES string of the molecule is CC/C=C\C/C=C\C/C=C\C/C=C\C/C=C\CCCC(=O)O[C@H](COC(=O)CCC/C=C\C/C=C\C/C=C\C=C\CC(O)/C=C\CC)COP(=O)(O)O. The van der Waals surface area contributed by atoms with Crippen molar-refractivity contribution in [2.75, 3.05) is 13.2 Å². The standard InChI is InChI=1S/C43H65O9P/c1-3-5-7-8-9-10-11-12-13-14-15-16-21-24-27-30-33-37-43(46)52-41(39-51-53(47,48)49)38-50-42(45)36-32-29-26-23-20-18-17-19-22-25-28-31-35-40(44)34-6-4-2/h5-7,9-10,12-13,15-18,22-28,31,34,40-41,44H,3-4,8,11,14,19-21,29-30,32-33,35-39H2,1-2H3,(H2,47,48,49)/b7-5-,10-9-,13-12-,16-15-,18-17-,25-22-,26-23-,27-24-,31-28+,34-6-/t40?,41-/m1/s1. The van der Waals surface area contributed by atoms with Crippen molar-refractivity contribution < 1.29 is 43.0 Å². The van der Waals surface area contributed by atoms with Gasteiger partial charge in [0.15, 0.2) is 6.10 Å². The fraction of sp³-hybridized carbons (Fsp3) is 0.488. The quantitative estimate of drug-likeness (QED) is 0.0201. The zero-order chi connectivity index (χ0) is 39.1. The van der Waals surface area contributed by atoms with Crippen LogP contribution in [0.4, 0.5) is 0 Å². The third kappa shape index (κ3) is 39.5. The van der Waals surface area contributed by atoms with E-state index in [9.17, 15) is 19.3 Å². The maximum absolute atomic E-state index is 12.3. The van der Waals surface area contributed by atoms with Gasteiger partial charge in [-0.1, -0.05) is 135 Å². The first-order valence-corrected chi connectivity index (χ1v) is 20.5. The first kappa shape index (κ1) is 49.4. The monoisotopic (exact) mass is 756 g/mol. The molecule has 0 aliphatic rings. The topological polar surface area (TPSA) is 140 Å². The van der Waals surface area contributed by atoms with Crippen molar-refractivity contribution in [2.24, 2.45) is 0 Å². The van der Waals surface area contributed by atoms with E-state index in [4.69, 9.17) is 19.3 Å². The van der Waals surface area contributed by atoms with E-state index in [1.54, 1.807) is 6.08 Å². The van der Waals surface area contributed by atoms with E-state index < -0.39 is 38.6 Å². The van der Waals surface area contributed by atoms with Crippen molar-refractivity contribution in [3.8, 4) is 0 Å². The largest absolute Gasteiger partial charge is 0.469 e. The maximum atomic E-state index is 12.3. The summed E-state index contributed by atoms with van der Waals surface area (Å²) >= 11 is 0. The molecular formula is C43H65O9P. The average molecular weight is 757 g/mol. The number of phosphoric acid groups is 1. The van der Waals surface area contributed by atoms with Crippen LogP contribution in [0.15, 0.2) is 122 Å². The van der Waals surface area contributed by atoms with E-state index in [-0.39, 0.29) is 19.4 Å². The predicted molar refractivity (Wildman–Crippen MR) is 217 cm³/mol. The summed E-state index contributed by atoms with van der Waals surface area (Å²) in [5.74, 6) is -1.06. The number of hydrogen-bond acceptors (Lipinski definition) is 7. The molecule has 0 fully saturated rings. The van der Waals surface area contributed by atoms with Crippen molar-refractivity contribution in [1.82, 2.24) is 0 Å². The molecule has 0 spiro atoms. The summed E-state index contributed by atoms with van der Waals surface area (Å²) in [5, 5.41) is 9.73. The normalized spacial score (nSPS) is 14.4. The number of phosphoric ester groups is 1. The van der Waals surface area contributed by atoms with Crippen LogP contribution in [0.25, 0.3) is 0 Å². The number of unbranched alkanes of at least 4 members (excludes halogenated alkanes) is 2. The van der Waals surface area contributed by atoms with Gasteiger partial charge in [0.2, 0.25) is 0 Å². The van der Waals surface area contributed by atoms with E-state index in [1.165, 1.54) is 0 Å². The van der Waals surface area contributed by atoms with E-state index in [1.807, 2.05) is 61.6 Å². The van der Waals surface area contributed by atoms with Gasteiger partial charge in [-0.3, -0.25) is 14.1 Å². The van der Waals surface area contributed by atoms with E-state index in [0.29, 0.717) is 32.1 Å². The molecule has 296 valence electrons. The molecule has 0 aromatic rings. The highest BCUT2D eigenvalue weighted by Gasteiger charge is 2.22. The second-order valence-electron chi connectivity index (χ2n) is 12.0. The van der Waals surface area contributed by atoms with Gasteiger partial charge < -0.3 is 24.4 Å². The van der Waals surface area contributed by atoms with Crippen LogP contribution in [0.1, 0.15) is 110 Å². The Hall–Kier alpha value is -3.59. The zero-order valence-corrected chi connectivity index (χ0v) is 32.9. The Labute approximate surface area is 319 Å². The lowest BCUT2D eigenvalue weighted by atomic mass is 10.2. The van der Waals surface area contributed by atoms with Crippen LogP contribution in [0.2, 0.25) is 0 Å². The van der Waals surface area contributed by atoms with E-state index in [2.05, 4.69) is 72.2 Å². The second kappa shape index (κ2) is 36.8. The maximum Gasteiger partial charge on any atom is 0.469 e. The van der Waals surface area contributed by atoms with Crippen LogP contribution in [0, 0.1) is 0 Å². The van der Waals surface area contributed by atoms with Crippen molar-refractivity contribution in [3.05, 3.63) is 122 Å². The summed E-state index contributed by atoms with van der Waals surface area (Å²) in [6.07, 6.45) is 49.9. The Morgan fingerprint density at radius 2 is 1.04 bits per heavy atom. The predicted octanol–water partition coefficient (Wildman–Crippen LogP) is 10.4. The minimum atomic E-state index is -4.80. The number of hydrogen-bond donors (Lipinski definition) is 3. The van der Waals surface area contributed by atoms with Gasteiger partial charge >= 0.3 is 19.8 Å². The molecule has 53 heavy (non-hydrogen) atoms. The zero-order valence-electron chi connectivity index (χ0n) is 32.0. The van der Waals surface area contributed by atoms with Crippen molar-refractivity contribution in [1.29, 1.82) is 0 Å². The minimum Gasteiger partial charge on any atom is -0.462 e. The van der Waals surface area contributed by atoms with Gasteiger partial charge in [-0.15, -0.1) is 0 Å². The molecule has 0 aliphatic heterocycles. The summed E-state index contributed by atoms with van der Waals surface area (Å²) in [7, 11) is -4.80.